The predicted molar refractivity (Wildman–Crippen MR) is 113 cm³/mol. The summed E-state index contributed by atoms with van der Waals surface area (Å²) < 4.78 is 33.5. The summed E-state index contributed by atoms with van der Waals surface area (Å²) in [6.45, 7) is -0.452. The molecule has 0 aliphatic heterocycles. The van der Waals surface area contributed by atoms with E-state index in [1.54, 1.807) is 0 Å². The van der Waals surface area contributed by atoms with E-state index < -0.39 is 47.8 Å². The van der Waals surface area contributed by atoms with E-state index in [0.717, 1.165) is 12.1 Å². The first-order valence-corrected chi connectivity index (χ1v) is 10.4. The van der Waals surface area contributed by atoms with Crippen molar-refractivity contribution in [1.82, 2.24) is 0 Å². The van der Waals surface area contributed by atoms with Gasteiger partial charge in [0.1, 0.15) is 6.61 Å². The molecule has 0 saturated heterocycles. The molecular formula is C23H20ClF2NO6. The van der Waals surface area contributed by atoms with E-state index in [1.807, 2.05) is 0 Å². The van der Waals surface area contributed by atoms with Crippen molar-refractivity contribution in [3.63, 3.8) is 0 Å². The molecular weight excluding hydrogens is 460 g/mol. The monoisotopic (exact) mass is 479 g/mol. The van der Waals surface area contributed by atoms with Gasteiger partial charge in [0, 0.05) is 34.4 Å². The smallest absolute Gasteiger partial charge is 0.382 e. The Morgan fingerprint density at radius 2 is 1.85 bits per heavy atom. The number of hydrogen-bond donors (Lipinski definition) is 2. The number of ether oxygens (including phenoxy) is 1. The third-order valence-corrected chi connectivity index (χ3v) is 5.82. The molecule has 2 aromatic carbocycles. The van der Waals surface area contributed by atoms with Gasteiger partial charge in [-0.2, -0.15) is 8.78 Å². The predicted octanol–water partition coefficient (Wildman–Crippen LogP) is 3.50. The maximum Gasteiger partial charge on any atom is 0.382 e. The molecule has 0 heterocycles. The number of fused-ring (bicyclic) bond motifs is 1. The molecule has 2 aromatic rings. The number of primary amides is 1. The Kier molecular flexibility index (Phi) is 7.12. The molecule has 1 aliphatic rings. The van der Waals surface area contributed by atoms with Gasteiger partial charge in [0.05, 0.1) is 0 Å². The highest BCUT2D eigenvalue weighted by atomic mass is 35.5. The van der Waals surface area contributed by atoms with Gasteiger partial charge in [-0.25, -0.2) is 4.79 Å². The zero-order valence-electron chi connectivity index (χ0n) is 17.2. The van der Waals surface area contributed by atoms with E-state index in [4.69, 9.17) is 27.2 Å². The normalized spacial score (nSPS) is 16.2. The van der Waals surface area contributed by atoms with Gasteiger partial charge in [0.2, 0.25) is 5.91 Å². The number of nitrogens with two attached hydrogens (primary N) is 1. The van der Waals surface area contributed by atoms with Crippen LogP contribution in [0, 0.1) is 11.8 Å². The first-order valence-electron chi connectivity index (χ1n) is 9.99. The summed E-state index contributed by atoms with van der Waals surface area (Å²) in [6, 6.07) is 9.01. The molecule has 0 fully saturated rings. The first kappa shape index (κ1) is 24.3. The lowest BCUT2D eigenvalue weighted by molar-refractivity contribution is -0.175. The van der Waals surface area contributed by atoms with Gasteiger partial charge in [-0.05, 0) is 36.1 Å². The highest BCUT2D eigenvalue weighted by Crippen LogP contribution is 2.35. The maximum absolute atomic E-state index is 14.4. The standard InChI is InChI=1S/C23H20ClF2NO6/c24-15-4-2-14(3-5-15)23(25,26)22(32)33-11-12-1-6-16-13(9-12)10-18(20(16)30)17(21(27)31)7-8-19(28)29/h1-6,9,17-18H,7-8,10-11H2,(H2,27,31)(H,28,29). The van der Waals surface area contributed by atoms with E-state index in [2.05, 4.69) is 0 Å². The van der Waals surface area contributed by atoms with Crippen molar-refractivity contribution >= 4 is 35.2 Å². The molecule has 7 nitrogen and oxygen atoms in total. The fourth-order valence-electron chi connectivity index (χ4n) is 3.84. The largest absolute Gasteiger partial charge is 0.481 e. The molecule has 2 unspecified atom stereocenters. The number of Topliss-reactive ketones (excluding diaryl/α,β-unsaturated/α-hetero) is 1. The van der Waals surface area contributed by atoms with Crippen LogP contribution in [0.3, 0.4) is 0 Å². The number of carboxylic acids is 1. The molecule has 33 heavy (non-hydrogen) atoms. The lowest BCUT2D eigenvalue weighted by atomic mass is 9.85. The van der Waals surface area contributed by atoms with Crippen LogP contribution < -0.4 is 5.73 Å². The first-order chi connectivity index (χ1) is 15.5. The number of carbonyl (C=O) groups is 4. The zero-order valence-corrected chi connectivity index (χ0v) is 18.0. The Morgan fingerprint density at radius 1 is 1.18 bits per heavy atom. The molecule has 0 saturated carbocycles. The van der Waals surface area contributed by atoms with E-state index >= 15 is 0 Å². The number of esters is 1. The summed E-state index contributed by atoms with van der Waals surface area (Å²) in [7, 11) is 0. The van der Waals surface area contributed by atoms with Crippen LogP contribution in [0.5, 0.6) is 0 Å². The van der Waals surface area contributed by atoms with Crippen molar-refractivity contribution in [1.29, 1.82) is 0 Å². The third kappa shape index (κ3) is 5.36. The van der Waals surface area contributed by atoms with Crippen LogP contribution in [0.1, 0.15) is 39.9 Å². The summed E-state index contributed by atoms with van der Waals surface area (Å²) >= 11 is 5.68. The number of carboxylic acid groups (broad SMARTS) is 1. The summed E-state index contributed by atoms with van der Waals surface area (Å²) in [4.78, 5) is 47.4. The lowest BCUT2D eigenvalue weighted by Gasteiger charge is -2.18. The van der Waals surface area contributed by atoms with E-state index in [-0.39, 0.29) is 30.1 Å². The van der Waals surface area contributed by atoms with Crippen LogP contribution in [0.25, 0.3) is 0 Å². The van der Waals surface area contributed by atoms with Crippen molar-refractivity contribution in [3.8, 4) is 0 Å². The minimum absolute atomic E-state index is 0.0701. The molecule has 0 radical (unpaired) electrons. The van der Waals surface area contributed by atoms with Gasteiger partial charge >= 0.3 is 17.9 Å². The molecule has 3 N–H and O–H groups in total. The number of hydrogen-bond acceptors (Lipinski definition) is 5. The van der Waals surface area contributed by atoms with Crippen molar-refractivity contribution in [2.45, 2.75) is 31.8 Å². The highest BCUT2D eigenvalue weighted by Gasteiger charge is 2.43. The second kappa shape index (κ2) is 9.66. The molecule has 10 heteroatoms. The number of benzene rings is 2. The van der Waals surface area contributed by atoms with Crippen LogP contribution in [0.2, 0.25) is 5.02 Å². The van der Waals surface area contributed by atoms with Gasteiger partial charge in [0.25, 0.3) is 0 Å². The summed E-state index contributed by atoms with van der Waals surface area (Å²) in [6.07, 6.45) is -0.236. The number of ketones is 1. The summed E-state index contributed by atoms with van der Waals surface area (Å²) in [5, 5.41) is 9.12. The second-order valence-corrected chi connectivity index (χ2v) is 8.20. The van der Waals surface area contributed by atoms with Crippen LogP contribution in [-0.2, 0) is 38.1 Å². The van der Waals surface area contributed by atoms with Crippen LogP contribution in [-0.4, -0.2) is 28.7 Å². The molecule has 1 aliphatic carbocycles. The number of rotatable bonds is 9. The number of amides is 1. The van der Waals surface area contributed by atoms with Crippen molar-refractivity contribution in [2.24, 2.45) is 17.6 Å². The third-order valence-electron chi connectivity index (χ3n) is 5.57. The summed E-state index contributed by atoms with van der Waals surface area (Å²) in [5.74, 6) is -9.56. The van der Waals surface area contributed by atoms with E-state index in [0.29, 0.717) is 16.7 Å². The zero-order chi connectivity index (χ0) is 24.3. The number of alkyl halides is 2. The number of carbonyl (C=O) groups excluding carboxylic acids is 3. The average Bonchev–Trinajstić information content (AvgIpc) is 3.07. The molecule has 0 spiro atoms. The van der Waals surface area contributed by atoms with Crippen LogP contribution in [0.15, 0.2) is 42.5 Å². The van der Waals surface area contributed by atoms with Gasteiger partial charge in [-0.1, -0.05) is 41.9 Å². The Balaban J connectivity index is 1.69. The van der Waals surface area contributed by atoms with Gasteiger partial charge in [0.15, 0.2) is 5.78 Å². The molecule has 0 aromatic heterocycles. The number of halogens is 3. The van der Waals surface area contributed by atoms with Crippen LogP contribution >= 0.6 is 11.6 Å². The Bertz CT molecular complexity index is 1100. The Morgan fingerprint density at radius 3 is 2.45 bits per heavy atom. The topological polar surface area (TPSA) is 124 Å². The molecule has 0 bridgehead atoms. The fraction of sp³-hybridized carbons (Fsp3) is 0.304. The van der Waals surface area contributed by atoms with Gasteiger partial charge in [-0.3, -0.25) is 14.4 Å². The quantitative estimate of drug-likeness (QED) is 0.530. The Labute approximate surface area is 192 Å². The van der Waals surface area contributed by atoms with Crippen LogP contribution in [0.4, 0.5) is 8.78 Å². The molecule has 3 rings (SSSR count). The average molecular weight is 480 g/mol. The van der Waals surface area contributed by atoms with E-state index in [1.165, 1.54) is 30.3 Å². The highest BCUT2D eigenvalue weighted by molar-refractivity contribution is 6.30. The van der Waals surface area contributed by atoms with Gasteiger partial charge < -0.3 is 15.6 Å². The SMILES string of the molecule is NC(=O)C(CCC(=O)O)C1Cc2cc(COC(=O)C(F)(F)c3ccc(Cl)cc3)ccc2C1=O. The molecule has 2 atom stereocenters. The Hall–Kier alpha value is -3.33. The molecule has 174 valence electrons. The van der Waals surface area contributed by atoms with Gasteiger partial charge in [-0.15, -0.1) is 0 Å². The number of aliphatic carboxylic acids is 1. The fourth-order valence-corrected chi connectivity index (χ4v) is 3.96. The minimum Gasteiger partial charge on any atom is -0.481 e. The lowest BCUT2D eigenvalue weighted by Crippen LogP contribution is -2.33. The van der Waals surface area contributed by atoms with Crippen molar-refractivity contribution in [3.05, 3.63) is 69.7 Å². The second-order valence-electron chi connectivity index (χ2n) is 7.77. The van der Waals surface area contributed by atoms with Crippen molar-refractivity contribution in [2.75, 3.05) is 0 Å². The summed E-state index contributed by atoms with van der Waals surface area (Å²) in [5.41, 5.74) is 6.09. The molecule has 1 amide bonds. The maximum atomic E-state index is 14.4. The van der Waals surface area contributed by atoms with Crippen molar-refractivity contribution < 1.29 is 37.8 Å². The minimum atomic E-state index is -3.87. The van der Waals surface area contributed by atoms with E-state index in [9.17, 15) is 28.0 Å².